The summed E-state index contributed by atoms with van der Waals surface area (Å²) < 4.78 is 13.9. The van der Waals surface area contributed by atoms with E-state index in [-0.39, 0.29) is 21.7 Å². The summed E-state index contributed by atoms with van der Waals surface area (Å²) in [5, 5.41) is 13.7. The molecule has 1 aliphatic rings. The third kappa shape index (κ3) is 6.21. The average Bonchev–Trinajstić information content (AvgIpc) is 3.32. The van der Waals surface area contributed by atoms with Gasteiger partial charge in [0.25, 0.3) is 11.8 Å². The Morgan fingerprint density at radius 1 is 1.03 bits per heavy atom. The zero-order valence-corrected chi connectivity index (χ0v) is 19.2. The largest absolute Gasteiger partial charge is 0.350 e. The number of carbonyl (C=O) groups excluding carboxylic acids is 2. The van der Waals surface area contributed by atoms with E-state index in [1.54, 1.807) is 6.07 Å². The molecule has 0 spiro atoms. The molecule has 33 heavy (non-hydrogen) atoms. The molecule has 1 aliphatic heterocycles. The number of benzene rings is 2. The van der Waals surface area contributed by atoms with Gasteiger partial charge in [0.2, 0.25) is 10.0 Å². The minimum Gasteiger partial charge on any atom is -0.350 e. The van der Waals surface area contributed by atoms with Crippen LogP contribution in [0, 0.1) is 18.7 Å². The third-order valence-corrected chi connectivity index (χ3v) is 6.65. The molecule has 172 valence electrons. The molecule has 9 heteroatoms. The molecule has 0 saturated carbocycles. The third-order valence-electron chi connectivity index (χ3n) is 5.73. The normalized spacial score (nSPS) is 14.7. The SMILES string of the molecule is Cc1ccc(NC(=O)c2nnc(C(=O)NCC3CCN(Cc4ccccc4F)CC3)s2)cc1. The van der Waals surface area contributed by atoms with E-state index in [0.717, 1.165) is 42.8 Å². The van der Waals surface area contributed by atoms with Crippen LogP contribution in [0.1, 0.15) is 43.6 Å². The lowest BCUT2D eigenvalue weighted by Crippen LogP contribution is -2.38. The fraction of sp³-hybridized carbons (Fsp3) is 0.333. The van der Waals surface area contributed by atoms with E-state index in [0.29, 0.717) is 30.3 Å². The van der Waals surface area contributed by atoms with E-state index in [9.17, 15) is 14.0 Å². The van der Waals surface area contributed by atoms with E-state index >= 15 is 0 Å². The van der Waals surface area contributed by atoms with Crippen LogP contribution in [0.2, 0.25) is 0 Å². The van der Waals surface area contributed by atoms with Crippen LogP contribution >= 0.6 is 11.3 Å². The van der Waals surface area contributed by atoms with Crippen molar-refractivity contribution < 1.29 is 14.0 Å². The van der Waals surface area contributed by atoms with E-state index in [1.807, 2.05) is 43.3 Å². The van der Waals surface area contributed by atoms with Gasteiger partial charge in [0, 0.05) is 24.3 Å². The molecule has 0 atom stereocenters. The summed E-state index contributed by atoms with van der Waals surface area (Å²) in [7, 11) is 0. The van der Waals surface area contributed by atoms with Gasteiger partial charge in [0.05, 0.1) is 0 Å². The second-order valence-electron chi connectivity index (χ2n) is 8.25. The van der Waals surface area contributed by atoms with Crippen LogP contribution in [0.4, 0.5) is 10.1 Å². The van der Waals surface area contributed by atoms with Crippen molar-refractivity contribution in [2.45, 2.75) is 26.3 Å². The van der Waals surface area contributed by atoms with Crippen molar-refractivity contribution in [2.75, 3.05) is 25.0 Å². The molecule has 2 amide bonds. The van der Waals surface area contributed by atoms with Gasteiger partial charge in [-0.25, -0.2) is 4.39 Å². The first-order valence-electron chi connectivity index (χ1n) is 10.9. The minimum absolute atomic E-state index is 0.141. The van der Waals surface area contributed by atoms with Gasteiger partial charge in [-0.3, -0.25) is 14.5 Å². The number of hydrogen-bond acceptors (Lipinski definition) is 6. The Kier molecular flexibility index (Phi) is 7.41. The smallest absolute Gasteiger partial charge is 0.286 e. The first kappa shape index (κ1) is 23.0. The van der Waals surface area contributed by atoms with Crippen molar-refractivity contribution in [1.82, 2.24) is 20.4 Å². The van der Waals surface area contributed by atoms with Crippen LogP contribution in [-0.4, -0.2) is 46.5 Å². The summed E-state index contributed by atoms with van der Waals surface area (Å²) in [5.74, 6) is -0.535. The number of amides is 2. The molecular formula is C24H26FN5O2S. The minimum atomic E-state index is -0.391. The van der Waals surface area contributed by atoms with Crippen molar-refractivity contribution >= 4 is 28.8 Å². The monoisotopic (exact) mass is 467 g/mol. The van der Waals surface area contributed by atoms with Gasteiger partial charge in [0.1, 0.15) is 5.82 Å². The Bertz CT molecular complexity index is 1110. The van der Waals surface area contributed by atoms with Crippen LogP contribution in [-0.2, 0) is 6.54 Å². The first-order valence-corrected chi connectivity index (χ1v) is 11.7. The highest BCUT2D eigenvalue weighted by molar-refractivity contribution is 7.15. The van der Waals surface area contributed by atoms with Crippen LogP contribution in [0.25, 0.3) is 0 Å². The summed E-state index contributed by atoms with van der Waals surface area (Å²) in [6, 6.07) is 14.3. The molecule has 0 aliphatic carbocycles. The second-order valence-corrected chi connectivity index (χ2v) is 9.23. The zero-order valence-electron chi connectivity index (χ0n) is 18.4. The van der Waals surface area contributed by atoms with Crippen molar-refractivity contribution in [2.24, 2.45) is 5.92 Å². The quantitative estimate of drug-likeness (QED) is 0.551. The number of nitrogens with one attached hydrogen (secondary N) is 2. The lowest BCUT2D eigenvalue weighted by atomic mass is 9.96. The number of aryl methyl sites for hydroxylation is 1. The van der Waals surface area contributed by atoms with Gasteiger partial charge in [-0.15, -0.1) is 10.2 Å². The topological polar surface area (TPSA) is 87.2 Å². The Labute approximate surface area is 196 Å². The number of aromatic nitrogens is 2. The molecule has 0 bridgehead atoms. The molecule has 1 saturated heterocycles. The lowest BCUT2D eigenvalue weighted by molar-refractivity contribution is 0.0933. The number of anilines is 1. The summed E-state index contributed by atoms with van der Waals surface area (Å²) in [6.45, 7) is 4.82. The summed E-state index contributed by atoms with van der Waals surface area (Å²) in [6.07, 6.45) is 1.85. The molecule has 3 aromatic rings. The van der Waals surface area contributed by atoms with Gasteiger partial charge in [-0.2, -0.15) is 0 Å². The molecule has 0 radical (unpaired) electrons. The number of piperidine rings is 1. The molecule has 1 fully saturated rings. The van der Waals surface area contributed by atoms with Gasteiger partial charge in [-0.1, -0.05) is 47.2 Å². The predicted octanol–water partition coefficient (Wildman–Crippen LogP) is 3.88. The van der Waals surface area contributed by atoms with Gasteiger partial charge >= 0.3 is 0 Å². The number of nitrogens with zero attached hydrogens (tertiary/aromatic N) is 3. The number of rotatable bonds is 7. The molecular weight excluding hydrogens is 441 g/mol. The van der Waals surface area contributed by atoms with Crippen molar-refractivity contribution in [3.63, 3.8) is 0 Å². The highest BCUT2D eigenvalue weighted by Crippen LogP contribution is 2.20. The molecule has 4 rings (SSSR count). The maximum absolute atomic E-state index is 13.9. The Morgan fingerprint density at radius 3 is 2.39 bits per heavy atom. The average molecular weight is 468 g/mol. The zero-order chi connectivity index (χ0) is 23.2. The fourth-order valence-electron chi connectivity index (χ4n) is 3.76. The van der Waals surface area contributed by atoms with Crippen LogP contribution < -0.4 is 10.6 Å². The lowest BCUT2D eigenvalue weighted by Gasteiger charge is -2.32. The summed E-state index contributed by atoms with van der Waals surface area (Å²) >= 11 is 0.971. The molecule has 7 nitrogen and oxygen atoms in total. The number of halogens is 1. The fourth-order valence-corrected chi connectivity index (χ4v) is 4.41. The Balaban J connectivity index is 1.22. The Hall–Kier alpha value is -3.17. The van der Waals surface area contributed by atoms with E-state index < -0.39 is 5.91 Å². The van der Waals surface area contributed by atoms with Crippen LogP contribution in [0.3, 0.4) is 0 Å². The Morgan fingerprint density at radius 2 is 1.70 bits per heavy atom. The maximum Gasteiger partial charge on any atom is 0.286 e. The van der Waals surface area contributed by atoms with E-state index in [4.69, 9.17) is 0 Å². The number of carbonyl (C=O) groups is 2. The molecule has 2 N–H and O–H groups in total. The van der Waals surface area contributed by atoms with E-state index in [2.05, 4.69) is 25.7 Å². The van der Waals surface area contributed by atoms with Crippen LogP contribution in [0.15, 0.2) is 48.5 Å². The summed E-state index contributed by atoms with van der Waals surface area (Å²) in [4.78, 5) is 27.1. The standard InChI is InChI=1S/C24H26FN5O2S/c1-16-6-8-19(9-7-16)27-22(32)24-29-28-23(33-24)21(31)26-14-17-10-12-30(13-11-17)15-18-4-2-3-5-20(18)25/h2-9,17H,10-15H2,1H3,(H,26,31)(H,27,32). The van der Waals surface area contributed by atoms with Crippen molar-refractivity contribution in [1.29, 1.82) is 0 Å². The second kappa shape index (κ2) is 10.6. The molecule has 2 heterocycles. The van der Waals surface area contributed by atoms with Gasteiger partial charge in [0.15, 0.2) is 0 Å². The van der Waals surface area contributed by atoms with Gasteiger partial charge in [-0.05, 0) is 57.0 Å². The first-order chi connectivity index (χ1) is 16.0. The van der Waals surface area contributed by atoms with Crippen molar-refractivity contribution in [3.05, 3.63) is 75.5 Å². The van der Waals surface area contributed by atoms with Gasteiger partial charge < -0.3 is 10.6 Å². The summed E-state index contributed by atoms with van der Waals surface area (Å²) in [5.41, 5.74) is 2.47. The van der Waals surface area contributed by atoms with Crippen LogP contribution in [0.5, 0.6) is 0 Å². The maximum atomic E-state index is 13.9. The number of hydrogen-bond donors (Lipinski definition) is 2. The highest BCUT2D eigenvalue weighted by atomic mass is 32.1. The number of likely N-dealkylation sites (tertiary alicyclic amines) is 1. The van der Waals surface area contributed by atoms with Crippen molar-refractivity contribution in [3.8, 4) is 0 Å². The molecule has 2 aromatic carbocycles. The molecule has 0 unspecified atom stereocenters. The molecule has 1 aromatic heterocycles. The van der Waals surface area contributed by atoms with E-state index in [1.165, 1.54) is 6.07 Å². The highest BCUT2D eigenvalue weighted by Gasteiger charge is 2.22. The predicted molar refractivity (Wildman–Crippen MR) is 126 cm³/mol.